The van der Waals surface area contributed by atoms with E-state index in [-0.39, 0.29) is 6.61 Å². The van der Waals surface area contributed by atoms with Gasteiger partial charge in [0.25, 0.3) is 0 Å². The van der Waals surface area contributed by atoms with Crippen molar-refractivity contribution in [1.29, 1.82) is 0 Å². The minimum Gasteiger partial charge on any atom is -0.396 e. The maximum Gasteiger partial charge on any atom is 0.126 e. The van der Waals surface area contributed by atoms with Crippen molar-refractivity contribution >= 4 is 5.82 Å². The number of aliphatic hydroxyl groups excluding tert-OH is 1. The highest BCUT2D eigenvalue weighted by Crippen LogP contribution is 2.11. The van der Waals surface area contributed by atoms with Crippen LogP contribution in [0.1, 0.15) is 17.5 Å². The van der Waals surface area contributed by atoms with Crippen molar-refractivity contribution in [1.82, 2.24) is 4.98 Å². The smallest absolute Gasteiger partial charge is 0.126 e. The molecule has 3 N–H and O–H groups in total. The van der Waals surface area contributed by atoms with Gasteiger partial charge in [0.1, 0.15) is 5.82 Å². The second-order valence-electron chi connectivity index (χ2n) is 2.88. The highest BCUT2D eigenvalue weighted by Gasteiger charge is 1.99. The van der Waals surface area contributed by atoms with Crippen molar-refractivity contribution in [3.05, 3.63) is 23.4 Å². The lowest BCUT2D eigenvalue weighted by atomic mass is 10.1. The molecule has 0 aliphatic rings. The van der Waals surface area contributed by atoms with Gasteiger partial charge in [-0.2, -0.15) is 0 Å². The maximum atomic E-state index is 8.63. The lowest BCUT2D eigenvalue weighted by molar-refractivity contribution is 0.288. The molecular weight excluding hydrogens is 152 g/mol. The van der Waals surface area contributed by atoms with Gasteiger partial charge in [-0.3, -0.25) is 0 Å². The Kier molecular flexibility index (Phi) is 3.05. The van der Waals surface area contributed by atoms with Crippen LogP contribution in [0.25, 0.3) is 0 Å². The van der Waals surface area contributed by atoms with Crippen LogP contribution in [0.15, 0.2) is 12.3 Å². The molecule has 1 heterocycles. The standard InChI is InChI=1S/C9H14N2O/c1-7-5-8(3-2-4-12)9(10)11-6-7/h5-6,12H,2-4H2,1H3,(H2,10,11). The van der Waals surface area contributed by atoms with Crippen LogP contribution in [0.4, 0.5) is 5.82 Å². The number of hydrogen-bond donors (Lipinski definition) is 2. The largest absolute Gasteiger partial charge is 0.396 e. The van der Waals surface area contributed by atoms with E-state index in [4.69, 9.17) is 10.8 Å². The summed E-state index contributed by atoms with van der Waals surface area (Å²) in [6, 6.07) is 2.01. The predicted molar refractivity (Wildman–Crippen MR) is 48.8 cm³/mol. The molecule has 0 unspecified atom stereocenters. The van der Waals surface area contributed by atoms with Gasteiger partial charge >= 0.3 is 0 Å². The Morgan fingerprint density at radius 3 is 3.00 bits per heavy atom. The number of nitrogen functional groups attached to an aromatic ring is 1. The van der Waals surface area contributed by atoms with Crippen LogP contribution in [-0.4, -0.2) is 16.7 Å². The Labute approximate surface area is 72.2 Å². The molecule has 12 heavy (non-hydrogen) atoms. The van der Waals surface area contributed by atoms with Gasteiger partial charge in [-0.25, -0.2) is 4.98 Å². The van der Waals surface area contributed by atoms with Gasteiger partial charge < -0.3 is 10.8 Å². The van der Waals surface area contributed by atoms with Crippen LogP contribution in [0.3, 0.4) is 0 Å². The first kappa shape index (κ1) is 9.00. The number of anilines is 1. The lowest BCUT2D eigenvalue weighted by Gasteiger charge is -2.03. The van der Waals surface area contributed by atoms with Crippen molar-refractivity contribution in [3.8, 4) is 0 Å². The van der Waals surface area contributed by atoms with Crippen molar-refractivity contribution in [3.63, 3.8) is 0 Å². The van der Waals surface area contributed by atoms with Crippen molar-refractivity contribution in [2.45, 2.75) is 19.8 Å². The monoisotopic (exact) mass is 166 g/mol. The second kappa shape index (κ2) is 4.07. The maximum absolute atomic E-state index is 8.63. The summed E-state index contributed by atoms with van der Waals surface area (Å²) in [5.74, 6) is 0.578. The van der Waals surface area contributed by atoms with Gasteiger partial charge in [-0.05, 0) is 30.9 Å². The molecule has 0 aromatic carbocycles. The van der Waals surface area contributed by atoms with Gasteiger partial charge in [0.05, 0.1) is 0 Å². The quantitative estimate of drug-likeness (QED) is 0.701. The second-order valence-corrected chi connectivity index (χ2v) is 2.88. The molecule has 1 aromatic heterocycles. The van der Waals surface area contributed by atoms with E-state index in [9.17, 15) is 0 Å². The highest BCUT2D eigenvalue weighted by atomic mass is 16.2. The van der Waals surface area contributed by atoms with E-state index in [1.807, 2.05) is 13.0 Å². The molecule has 0 bridgehead atoms. The highest BCUT2D eigenvalue weighted by molar-refractivity contribution is 5.40. The molecule has 0 aliphatic heterocycles. The number of pyridine rings is 1. The van der Waals surface area contributed by atoms with Crippen LogP contribution < -0.4 is 5.73 Å². The van der Waals surface area contributed by atoms with E-state index in [1.54, 1.807) is 6.20 Å². The summed E-state index contributed by atoms with van der Waals surface area (Å²) >= 11 is 0. The summed E-state index contributed by atoms with van der Waals surface area (Å²) in [4.78, 5) is 4.03. The van der Waals surface area contributed by atoms with E-state index in [2.05, 4.69) is 4.98 Å². The normalized spacial score (nSPS) is 10.2. The van der Waals surface area contributed by atoms with E-state index >= 15 is 0 Å². The van der Waals surface area contributed by atoms with Gasteiger partial charge in [0.15, 0.2) is 0 Å². The topological polar surface area (TPSA) is 59.1 Å². The molecule has 1 rings (SSSR count). The SMILES string of the molecule is Cc1cnc(N)c(CCCO)c1. The van der Waals surface area contributed by atoms with Gasteiger partial charge in [0.2, 0.25) is 0 Å². The molecule has 66 valence electrons. The molecule has 0 atom stereocenters. The zero-order valence-electron chi connectivity index (χ0n) is 7.25. The molecular formula is C9H14N2O. The molecule has 0 spiro atoms. The Morgan fingerprint density at radius 1 is 1.58 bits per heavy atom. The first-order valence-corrected chi connectivity index (χ1v) is 4.06. The summed E-state index contributed by atoms with van der Waals surface area (Å²) in [5, 5.41) is 8.63. The Hall–Kier alpha value is -1.09. The molecule has 0 saturated carbocycles. The summed E-state index contributed by atoms with van der Waals surface area (Å²) in [6.07, 6.45) is 3.30. The van der Waals surface area contributed by atoms with Crippen LogP contribution in [0, 0.1) is 6.92 Å². The van der Waals surface area contributed by atoms with E-state index in [1.165, 1.54) is 0 Å². The minimum absolute atomic E-state index is 0.202. The van der Waals surface area contributed by atoms with Gasteiger partial charge in [-0.15, -0.1) is 0 Å². The summed E-state index contributed by atoms with van der Waals surface area (Å²) in [7, 11) is 0. The predicted octanol–water partition coefficient (Wildman–Crippen LogP) is 0.897. The average Bonchev–Trinajstić information content (AvgIpc) is 2.07. The van der Waals surface area contributed by atoms with Crippen LogP contribution >= 0.6 is 0 Å². The first-order valence-electron chi connectivity index (χ1n) is 4.06. The lowest BCUT2D eigenvalue weighted by Crippen LogP contribution is -1.99. The fourth-order valence-electron chi connectivity index (χ4n) is 1.11. The first-order chi connectivity index (χ1) is 5.74. The number of nitrogens with zero attached hydrogens (tertiary/aromatic N) is 1. The summed E-state index contributed by atoms with van der Waals surface area (Å²) in [6.45, 7) is 2.18. The zero-order chi connectivity index (χ0) is 8.97. The van der Waals surface area contributed by atoms with Gasteiger partial charge in [-0.1, -0.05) is 6.07 Å². The number of nitrogens with two attached hydrogens (primary N) is 1. The van der Waals surface area contributed by atoms with Crippen molar-refractivity contribution < 1.29 is 5.11 Å². The number of aryl methyl sites for hydroxylation is 2. The van der Waals surface area contributed by atoms with E-state index in [0.29, 0.717) is 5.82 Å². The number of aliphatic hydroxyl groups is 1. The van der Waals surface area contributed by atoms with Crippen LogP contribution in [0.2, 0.25) is 0 Å². The Morgan fingerprint density at radius 2 is 2.33 bits per heavy atom. The molecule has 0 aliphatic carbocycles. The third-order valence-electron chi connectivity index (χ3n) is 1.74. The Bertz CT molecular complexity index is 261. The third-order valence-corrected chi connectivity index (χ3v) is 1.74. The molecule has 3 heteroatoms. The van der Waals surface area contributed by atoms with E-state index < -0.39 is 0 Å². The zero-order valence-corrected chi connectivity index (χ0v) is 7.25. The van der Waals surface area contributed by atoms with Crippen molar-refractivity contribution in [2.75, 3.05) is 12.3 Å². The molecule has 3 nitrogen and oxygen atoms in total. The van der Waals surface area contributed by atoms with Crippen molar-refractivity contribution in [2.24, 2.45) is 0 Å². The molecule has 0 fully saturated rings. The number of rotatable bonds is 3. The summed E-state index contributed by atoms with van der Waals surface area (Å²) in [5.41, 5.74) is 7.78. The van der Waals surface area contributed by atoms with E-state index in [0.717, 1.165) is 24.0 Å². The molecule has 0 amide bonds. The number of aromatic nitrogens is 1. The van der Waals surface area contributed by atoms with Gasteiger partial charge in [0, 0.05) is 12.8 Å². The summed E-state index contributed by atoms with van der Waals surface area (Å²) < 4.78 is 0. The molecule has 0 radical (unpaired) electrons. The average molecular weight is 166 g/mol. The minimum atomic E-state index is 0.202. The Balaban J connectivity index is 2.75. The van der Waals surface area contributed by atoms with Crippen LogP contribution in [-0.2, 0) is 6.42 Å². The molecule has 1 aromatic rings. The van der Waals surface area contributed by atoms with Crippen LogP contribution in [0.5, 0.6) is 0 Å². The number of hydrogen-bond acceptors (Lipinski definition) is 3. The fraction of sp³-hybridized carbons (Fsp3) is 0.444. The third kappa shape index (κ3) is 2.20. The fourth-order valence-corrected chi connectivity index (χ4v) is 1.11. The molecule has 0 saturated heterocycles.